The highest BCUT2D eigenvalue weighted by atomic mass is 16.4. The van der Waals surface area contributed by atoms with E-state index in [9.17, 15) is 19.2 Å². The van der Waals surface area contributed by atoms with Gasteiger partial charge in [-0.1, -0.05) is 12.8 Å². The molecule has 0 bridgehead atoms. The van der Waals surface area contributed by atoms with Crippen molar-refractivity contribution < 1.29 is 29.4 Å². The number of carbonyl (C=O) groups excluding carboxylic acids is 2. The second-order valence-electron chi connectivity index (χ2n) is 4.67. The lowest BCUT2D eigenvalue weighted by atomic mass is 10.0. The van der Waals surface area contributed by atoms with Crippen LogP contribution in [0.4, 0.5) is 0 Å². The van der Waals surface area contributed by atoms with E-state index >= 15 is 0 Å². The number of rotatable bonds is 11. The summed E-state index contributed by atoms with van der Waals surface area (Å²) in [6.45, 7) is 0. The summed E-state index contributed by atoms with van der Waals surface area (Å²) >= 11 is 0. The predicted molar refractivity (Wildman–Crippen MR) is 77.5 cm³/mol. The van der Waals surface area contributed by atoms with Gasteiger partial charge in [0.25, 0.3) is 0 Å². The predicted octanol–water partition coefficient (Wildman–Crippen LogP) is 0.320. The first kappa shape index (κ1) is 19.4. The van der Waals surface area contributed by atoms with Crippen LogP contribution in [0.15, 0.2) is 23.3 Å². The quantitative estimate of drug-likeness (QED) is 0.317. The molecule has 0 atom stereocenters. The molecule has 0 heterocycles. The Balaban J connectivity index is 4.13. The van der Waals surface area contributed by atoms with Crippen molar-refractivity contribution in [3.63, 3.8) is 0 Å². The summed E-state index contributed by atoms with van der Waals surface area (Å²) in [5, 5.41) is 17.7. The van der Waals surface area contributed by atoms with E-state index in [-0.39, 0.29) is 24.0 Å². The van der Waals surface area contributed by atoms with Gasteiger partial charge < -0.3 is 21.7 Å². The van der Waals surface area contributed by atoms with Gasteiger partial charge >= 0.3 is 11.9 Å². The normalized spacial score (nSPS) is 12.0. The molecule has 0 radical (unpaired) electrons. The molecule has 0 aromatic rings. The van der Waals surface area contributed by atoms with Gasteiger partial charge in [-0.05, 0) is 25.7 Å². The molecule has 0 rings (SSSR count). The third-order valence-corrected chi connectivity index (χ3v) is 2.82. The van der Waals surface area contributed by atoms with Crippen molar-refractivity contribution in [2.75, 3.05) is 0 Å². The monoisotopic (exact) mass is 312 g/mol. The van der Waals surface area contributed by atoms with Gasteiger partial charge in [0.05, 0.1) is 0 Å². The highest BCUT2D eigenvalue weighted by Crippen LogP contribution is 2.14. The van der Waals surface area contributed by atoms with Gasteiger partial charge in [-0.25, -0.2) is 9.59 Å². The summed E-state index contributed by atoms with van der Waals surface area (Å²) in [5.41, 5.74) is 9.71. The number of amides is 2. The van der Waals surface area contributed by atoms with E-state index in [0.29, 0.717) is 25.7 Å². The minimum Gasteiger partial charge on any atom is -0.478 e. The summed E-state index contributed by atoms with van der Waals surface area (Å²) in [6, 6.07) is 0. The Kier molecular flexibility index (Phi) is 8.92. The largest absolute Gasteiger partial charge is 0.478 e. The average molecular weight is 312 g/mol. The first-order valence-corrected chi connectivity index (χ1v) is 6.70. The summed E-state index contributed by atoms with van der Waals surface area (Å²) < 4.78 is 0. The molecule has 8 nitrogen and oxygen atoms in total. The van der Waals surface area contributed by atoms with Crippen LogP contribution in [0.1, 0.15) is 38.5 Å². The van der Waals surface area contributed by atoms with Crippen LogP contribution in [-0.4, -0.2) is 34.0 Å². The maximum Gasteiger partial charge on any atom is 0.331 e. The topological polar surface area (TPSA) is 161 Å². The van der Waals surface area contributed by atoms with E-state index in [0.717, 1.165) is 12.2 Å². The number of aliphatic carboxylic acids is 2. The lowest BCUT2D eigenvalue weighted by Gasteiger charge is -2.04. The number of carbonyl (C=O) groups is 4. The van der Waals surface area contributed by atoms with Crippen molar-refractivity contribution in [1.29, 1.82) is 0 Å². The molecule has 0 spiro atoms. The number of unbranched alkanes of at least 4 members (excludes halogenated alkanes) is 3. The summed E-state index contributed by atoms with van der Waals surface area (Å²) in [5.74, 6) is -3.98. The SMILES string of the molecule is NC(=O)/C=C(/CCCCCC/C(=C/C(N)=O)C(=O)O)C(=O)O. The van der Waals surface area contributed by atoms with Gasteiger partial charge in [-0.15, -0.1) is 0 Å². The van der Waals surface area contributed by atoms with Crippen molar-refractivity contribution in [3.8, 4) is 0 Å². The Morgan fingerprint density at radius 2 is 1.00 bits per heavy atom. The first-order chi connectivity index (χ1) is 10.2. The van der Waals surface area contributed by atoms with Crippen LogP contribution in [0.25, 0.3) is 0 Å². The van der Waals surface area contributed by atoms with Gasteiger partial charge in [0.15, 0.2) is 0 Å². The standard InChI is InChI=1S/C14H20N2O6/c15-11(17)7-9(13(19)20)5-3-1-2-4-6-10(14(21)22)8-12(16)18/h7-8H,1-6H2,(H2,15,17)(H2,16,18)(H,19,20)(H,21,22)/b9-7-,10-8-. The van der Waals surface area contributed by atoms with Crippen molar-refractivity contribution in [2.24, 2.45) is 11.5 Å². The molecule has 0 aliphatic rings. The molecule has 0 fully saturated rings. The van der Waals surface area contributed by atoms with E-state index in [1.54, 1.807) is 0 Å². The minimum atomic E-state index is -1.18. The molecule has 2 amide bonds. The lowest BCUT2D eigenvalue weighted by molar-refractivity contribution is -0.134. The van der Waals surface area contributed by atoms with Crippen LogP contribution in [0, 0.1) is 0 Å². The van der Waals surface area contributed by atoms with E-state index in [2.05, 4.69) is 0 Å². The highest BCUT2D eigenvalue weighted by Gasteiger charge is 2.10. The Hall–Kier alpha value is -2.64. The molecule has 8 heteroatoms. The molecule has 0 saturated heterocycles. The molecule has 22 heavy (non-hydrogen) atoms. The molecule has 122 valence electrons. The Morgan fingerprint density at radius 1 is 0.682 bits per heavy atom. The van der Waals surface area contributed by atoms with Crippen LogP contribution >= 0.6 is 0 Å². The highest BCUT2D eigenvalue weighted by molar-refractivity contribution is 5.97. The van der Waals surface area contributed by atoms with Crippen molar-refractivity contribution >= 4 is 23.8 Å². The summed E-state index contributed by atoms with van der Waals surface area (Å²) in [4.78, 5) is 43.0. The number of primary amides is 2. The lowest BCUT2D eigenvalue weighted by Crippen LogP contribution is -2.11. The molecular weight excluding hydrogens is 292 g/mol. The molecule has 0 aromatic carbocycles. The maximum absolute atomic E-state index is 10.8. The summed E-state index contributed by atoms with van der Waals surface area (Å²) in [7, 11) is 0. The second-order valence-corrected chi connectivity index (χ2v) is 4.67. The molecule has 6 N–H and O–H groups in total. The van der Waals surface area contributed by atoms with Crippen molar-refractivity contribution in [2.45, 2.75) is 38.5 Å². The molecule has 0 aliphatic heterocycles. The fraction of sp³-hybridized carbons (Fsp3) is 0.429. The van der Waals surface area contributed by atoms with E-state index in [4.69, 9.17) is 21.7 Å². The zero-order valence-corrected chi connectivity index (χ0v) is 12.1. The van der Waals surface area contributed by atoms with E-state index in [1.807, 2.05) is 0 Å². The number of carboxylic acid groups (broad SMARTS) is 2. The van der Waals surface area contributed by atoms with Gasteiger partial charge in [-0.3, -0.25) is 9.59 Å². The van der Waals surface area contributed by atoms with Gasteiger partial charge in [0, 0.05) is 23.3 Å². The van der Waals surface area contributed by atoms with Crippen LogP contribution in [0.5, 0.6) is 0 Å². The first-order valence-electron chi connectivity index (χ1n) is 6.70. The average Bonchev–Trinajstić information content (AvgIpc) is 2.38. The third kappa shape index (κ3) is 9.29. The van der Waals surface area contributed by atoms with Crippen molar-refractivity contribution in [3.05, 3.63) is 23.3 Å². The smallest absolute Gasteiger partial charge is 0.331 e. The molecule has 0 aliphatic carbocycles. The van der Waals surface area contributed by atoms with Gasteiger partial charge in [0.2, 0.25) is 11.8 Å². The number of nitrogens with two attached hydrogens (primary N) is 2. The number of hydrogen-bond donors (Lipinski definition) is 4. The molecule has 0 unspecified atom stereocenters. The zero-order chi connectivity index (χ0) is 17.1. The molecule has 0 saturated carbocycles. The Bertz CT molecular complexity index is 461. The zero-order valence-electron chi connectivity index (χ0n) is 12.1. The van der Waals surface area contributed by atoms with Crippen LogP contribution < -0.4 is 11.5 Å². The van der Waals surface area contributed by atoms with E-state index < -0.39 is 23.8 Å². The summed E-state index contributed by atoms with van der Waals surface area (Å²) in [6.07, 6.45) is 4.59. The number of hydrogen-bond acceptors (Lipinski definition) is 4. The number of carboxylic acids is 2. The minimum absolute atomic E-state index is 0.0488. The fourth-order valence-corrected chi connectivity index (χ4v) is 1.81. The third-order valence-electron chi connectivity index (χ3n) is 2.82. The maximum atomic E-state index is 10.8. The molecule has 0 aromatic heterocycles. The van der Waals surface area contributed by atoms with E-state index in [1.165, 1.54) is 0 Å². The van der Waals surface area contributed by atoms with Gasteiger partial charge in [0.1, 0.15) is 0 Å². The second kappa shape index (κ2) is 10.1. The Labute approximate surface area is 127 Å². The van der Waals surface area contributed by atoms with Gasteiger partial charge in [-0.2, -0.15) is 0 Å². The Morgan fingerprint density at radius 3 is 1.23 bits per heavy atom. The van der Waals surface area contributed by atoms with Crippen LogP contribution in [0.2, 0.25) is 0 Å². The fourth-order valence-electron chi connectivity index (χ4n) is 1.81. The molecular formula is C14H20N2O6. The van der Waals surface area contributed by atoms with Crippen LogP contribution in [-0.2, 0) is 19.2 Å². The van der Waals surface area contributed by atoms with Crippen molar-refractivity contribution in [1.82, 2.24) is 0 Å². The van der Waals surface area contributed by atoms with Crippen LogP contribution in [0.3, 0.4) is 0 Å².